The van der Waals surface area contributed by atoms with E-state index in [9.17, 15) is 13.6 Å². The number of carbonyl (C=O) groups is 1. The van der Waals surface area contributed by atoms with E-state index in [0.717, 1.165) is 60.9 Å². The van der Waals surface area contributed by atoms with Gasteiger partial charge in [0, 0.05) is 68.3 Å². The maximum absolute atomic E-state index is 13.6. The van der Waals surface area contributed by atoms with Crippen LogP contribution in [0.3, 0.4) is 0 Å². The standard InChI is InChI=1S/C29H36F2N8OS/c1-19-14-25(36-35-19)32-24-16-26(38-12-10-37(11-13-38)21-6-4-3-5-7-21)34-28(33-24)41-22-8-9-23-20(15-22)17-39(27(23)40)18-29(2,30)31/h8-9,14-16,21H,3-7,10-13,17-18H2,1-2H3,(H2,32,33,34,35,36). The summed E-state index contributed by atoms with van der Waals surface area (Å²) in [6, 6.07) is 10.0. The first-order valence-electron chi connectivity index (χ1n) is 14.4. The number of aryl methyl sites for hydroxylation is 1. The average molecular weight is 583 g/mol. The zero-order valence-corrected chi connectivity index (χ0v) is 24.3. The molecule has 1 saturated heterocycles. The molecule has 6 rings (SSSR count). The molecule has 12 heteroatoms. The van der Waals surface area contributed by atoms with E-state index < -0.39 is 12.5 Å². The molecule has 41 heavy (non-hydrogen) atoms. The number of piperazine rings is 1. The van der Waals surface area contributed by atoms with Crippen LogP contribution in [-0.4, -0.2) is 80.6 Å². The largest absolute Gasteiger partial charge is 0.354 e. The van der Waals surface area contributed by atoms with Gasteiger partial charge in [0.2, 0.25) is 0 Å². The summed E-state index contributed by atoms with van der Waals surface area (Å²) in [4.78, 5) is 29.4. The average Bonchev–Trinajstić information content (AvgIpc) is 3.49. The number of halogens is 2. The highest BCUT2D eigenvalue weighted by atomic mass is 32.2. The van der Waals surface area contributed by atoms with Gasteiger partial charge < -0.3 is 15.1 Å². The number of nitrogens with one attached hydrogen (secondary N) is 2. The summed E-state index contributed by atoms with van der Waals surface area (Å²) in [5, 5.41) is 11.1. The molecule has 2 fully saturated rings. The molecule has 218 valence electrons. The van der Waals surface area contributed by atoms with Gasteiger partial charge >= 0.3 is 0 Å². The van der Waals surface area contributed by atoms with E-state index in [-0.39, 0.29) is 12.5 Å². The van der Waals surface area contributed by atoms with Gasteiger partial charge in [0.1, 0.15) is 17.5 Å². The first kappa shape index (κ1) is 27.9. The van der Waals surface area contributed by atoms with Crippen molar-refractivity contribution >= 4 is 35.1 Å². The van der Waals surface area contributed by atoms with E-state index >= 15 is 0 Å². The third-order valence-corrected chi connectivity index (χ3v) is 8.88. The van der Waals surface area contributed by atoms with Crippen LogP contribution in [0.1, 0.15) is 60.6 Å². The second kappa shape index (κ2) is 11.6. The Hall–Kier alpha value is -3.25. The fraction of sp³-hybridized carbons (Fsp3) is 0.517. The molecule has 4 heterocycles. The fourth-order valence-corrected chi connectivity index (χ4v) is 6.89. The second-order valence-corrected chi connectivity index (χ2v) is 12.4. The lowest BCUT2D eigenvalue weighted by Crippen LogP contribution is -2.51. The predicted molar refractivity (Wildman–Crippen MR) is 155 cm³/mol. The Labute approximate surface area is 243 Å². The number of fused-ring (bicyclic) bond motifs is 1. The number of nitrogens with zero attached hydrogens (tertiary/aromatic N) is 6. The Balaban J connectivity index is 1.21. The minimum Gasteiger partial charge on any atom is -0.354 e. The maximum Gasteiger partial charge on any atom is 0.262 e. The highest BCUT2D eigenvalue weighted by molar-refractivity contribution is 7.99. The van der Waals surface area contributed by atoms with Gasteiger partial charge in [-0.25, -0.2) is 18.7 Å². The van der Waals surface area contributed by atoms with Gasteiger partial charge in [-0.05, 0) is 55.3 Å². The first-order chi connectivity index (χ1) is 19.7. The number of carbonyl (C=O) groups excluding carboxylic acids is 1. The smallest absolute Gasteiger partial charge is 0.262 e. The molecule has 1 saturated carbocycles. The van der Waals surface area contributed by atoms with E-state index in [2.05, 4.69) is 25.3 Å². The van der Waals surface area contributed by atoms with E-state index in [1.807, 2.05) is 31.2 Å². The van der Waals surface area contributed by atoms with Crippen LogP contribution in [0.15, 0.2) is 40.4 Å². The topological polar surface area (TPSA) is 93.3 Å². The van der Waals surface area contributed by atoms with Gasteiger partial charge in [0.25, 0.3) is 11.8 Å². The van der Waals surface area contributed by atoms with Crippen molar-refractivity contribution in [2.24, 2.45) is 0 Å². The summed E-state index contributed by atoms with van der Waals surface area (Å²) in [7, 11) is 0. The molecule has 9 nitrogen and oxygen atoms in total. The number of benzene rings is 1. The van der Waals surface area contributed by atoms with Gasteiger partial charge in [-0.15, -0.1) is 0 Å². The summed E-state index contributed by atoms with van der Waals surface area (Å²) in [5.41, 5.74) is 2.09. The molecule has 1 amide bonds. The van der Waals surface area contributed by atoms with Crippen molar-refractivity contribution < 1.29 is 13.6 Å². The van der Waals surface area contributed by atoms with Crippen LogP contribution in [0, 0.1) is 6.92 Å². The molecule has 2 aliphatic heterocycles. The van der Waals surface area contributed by atoms with Crippen molar-refractivity contribution in [2.75, 3.05) is 42.9 Å². The molecule has 2 aromatic heterocycles. The normalized spacial score (nSPS) is 18.7. The van der Waals surface area contributed by atoms with Crippen LogP contribution in [-0.2, 0) is 6.54 Å². The van der Waals surface area contributed by atoms with Gasteiger partial charge in [0.15, 0.2) is 5.16 Å². The summed E-state index contributed by atoms with van der Waals surface area (Å²) >= 11 is 1.40. The molecule has 0 unspecified atom stereocenters. The Kier molecular flexibility index (Phi) is 7.86. The number of anilines is 3. The second-order valence-electron chi connectivity index (χ2n) is 11.4. The van der Waals surface area contributed by atoms with Crippen LogP contribution in [0.25, 0.3) is 0 Å². The summed E-state index contributed by atoms with van der Waals surface area (Å²) < 4.78 is 27.2. The zero-order valence-electron chi connectivity index (χ0n) is 23.5. The molecule has 0 radical (unpaired) electrons. The maximum atomic E-state index is 13.6. The molecule has 1 aliphatic carbocycles. The van der Waals surface area contributed by atoms with Gasteiger partial charge in [-0.3, -0.25) is 14.8 Å². The van der Waals surface area contributed by atoms with Crippen molar-refractivity contribution in [3.05, 3.63) is 47.2 Å². The molecule has 3 aromatic rings. The third-order valence-electron chi connectivity index (χ3n) is 8.02. The number of rotatable bonds is 8. The van der Waals surface area contributed by atoms with Crippen LogP contribution in [0.2, 0.25) is 0 Å². The number of H-pyrrole nitrogens is 1. The first-order valence-corrected chi connectivity index (χ1v) is 15.2. The van der Waals surface area contributed by atoms with E-state index in [4.69, 9.17) is 9.97 Å². The van der Waals surface area contributed by atoms with Crippen LogP contribution < -0.4 is 10.2 Å². The van der Waals surface area contributed by atoms with E-state index in [0.29, 0.717) is 22.6 Å². The third kappa shape index (κ3) is 6.64. The van der Waals surface area contributed by atoms with Crippen LogP contribution >= 0.6 is 11.8 Å². The number of aromatic nitrogens is 4. The summed E-state index contributed by atoms with van der Waals surface area (Å²) in [6.45, 7) is 6.17. The van der Waals surface area contributed by atoms with Gasteiger partial charge in [0.05, 0.1) is 12.2 Å². The fourth-order valence-electron chi connectivity index (χ4n) is 6.06. The number of alkyl halides is 2. The summed E-state index contributed by atoms with van der Waals surface area (Å²) in [6.07, 6.45) is 6.63. The molecule has 2 N–H and O–H groups in total. The Morgan fingerprint density at radius 3 is 2.56 bits per heavy atom. The molecule has 1 aromatic carbocycles. The molecule has 0 bridgehead atoms. The zero-order chi connectivity index (χ0) is 28.6. The molecular weight excluding hydrogens is 546 g/mol. The van der Waals surface area contributed by atoms with E-state index in [1.54, 1.807) is 6.07 Å². The monoisotopic (exact) mass is 582 g/mol. The molecule has 0 atom stereocenters. The van der Waals surface area contributed by atoms with Crippen molar-refractivity contribution in [3.8, 4) is 0 Å². The van der Waals surface area contributed by atoms with Crippen LogP contribution in [0.5, 0.6) is 0 Å². The number of hydrogen-bond acceptors (Lipinski definition) is 8. The lowest BCUT2D eigenvalue weighted by atomic mass is 9.94. The van der Waals surface area contributed by atoms with Crippen molar-refractivity contribution in [1.29, 1.82) is 0 Å². The Morgan fingerprint density at radius 2 is 1.85 bits per heavy atom. The highest BCUT2D eigenvalue weighted by Crippen LogP contribution is 2.34. The number of aromatic amines is 1. The van der Waals surface area contributed by atoms with Gasteiger partial charge in [-0.1, -0.05) is 19.3 Å². The SMILES string of the molecule is Cc1cc(Nc2cc(N3CCN(C4CCCCC4)CC3)nc(Sc3ccc4c(c3)CN(CC(C)(F)F)C4=O)n2)[nH]n1. The van der Waals surface area contributed by atoms with Crippen molar-refractivity contribution in [2.45, 2.75) is 74.5 Å². The van der Waals surface area contributed by atoms with Gasteiger partial charge in [-0.2, -0.15) is 5.10 Å². The Bertz CT molecular complexity index is 1400. The molecule has 3 aliphatic rings. The minimum absolute atomic E-state index is 0.171. The Morgan fingerprint density at radius 1 is 1.07 bits per heavy atom. The summed E-state index contributed by atoms with van der Waals surface area (Å²) in [5.74, 6) is -1.04. The molecular formula is C29H36F2N8OS. The molecule has 0 spiro atoms. The number of amides is 1. The lowest BCUT2D eigenvalue weighted by molar-refractivity contribution is -0.0105. The predicted octanol–water partition coefficient (Wildman–Crippen LogP) is 5.47. The minimum atomic E-state index is -2.94. The lowest BCUT2D eigenvalue weighted by Gasteiger charge is -2.41. The number of hydrogen-bond donors (Lipinski definition) is 2. The van der Waals surface area contributed by atoms with E-state index in [1.165, 1.54) is 48.8 Å². The van der Waals surface area contributed by atoms with Crippen molar-refractivity contribution in [3.63, 3.8) is 0 Å². The quantitative estimate of drug-likeness (QED) is 0.338. The highest BCUT2D eigenvalue weighted by Gasteiger charge is 2.34. The van der Waals surface area contributed by atoms with Crippen molar-refractivity contribution in [1.82, 2.24) is 30.0 Å². The van der Waals surface area contributed by atoms with Crippen LogP contribution in [0.4, 0.5) is 26.2 Å².